The number of para-hydroxylation sites is 1. The quantitative estimate of drug-likeness (QED) is 0.656. The first kappa shape index (κ1) is 18.0. The Balaban J connectivity index is 1.90. The molecule has 26 heavy (non-hydrogen) atoms. The summed E-state index contributed by atoms with van der Waals surface area (Å²) in [6.07, 6.45) is 0. The molecule has 1 heterocycles. The highest BCUT2D eigenvalue weighted by Crippen LogP contribution is 2.28. The second kappa shape index (κ2) is 8.05. The van der Waals surface area contributed by atoms with Crippen LogP contribution in [0.4, 0.5) is 13.2 Å². The van der Waals surface area contributed by atoms with Crippen molar-refractivity contribution < 1.29 is 22.7 Å². The number of benzene rings is 2. The van der Waals surface area contributed by atoms with Gasteiger partial charge in [0.25, 0.3) is 5.91 Å². The van der Waals surface area contributed by atoms with E-state index in [0.29, 0.717) is 5.56 Å². The Morgan fingerprint density at radius 1 is 1.00 bits per heavy atom. The van der Waals surface area contributed by atoms with E-state index in [-0.39, 0.29) is 17.1 Å². The van der Waals surface area contributed by atoms with Crippen LogP contribution in [0.2, 0.25) is 0 Å². The zero-order valence-corrected chi connectivity index (χ0v) is 14.2. The number of carbonyl (C=O) groups excluding carboxylic acids is 1. The third-order valence-electron chi connectivity index (χ3n) is 3.65. The molecule has 0 spiro atoms. The third kappa shape index (κ3) is 4.23. The SMILES string of the molecule is O=C(NC(c1ccc(F)cc1)c1cccs1)c1ccccc1OC(F)F. The number of ether oxygens (including phenoxy) is 1. The van der Waals surface area contributed by atoms with Crippen LogP contribution in [-0.4, -0.2) is 12.5 Å². The molecule has 2 aromatic carbocycles. The van der Waals surface area contributed by atoms with Crippen LogP contribution in [0.5, 0.6) is 5.75 Å². The van der Waals surface area contributed by atoms with Gasteiger partial charge < -0.3 is 10.1 Å². The van der Waals surface area contributed by atoms with Crippen molar-refractivity contribution in [3.05, 3.63) is 87.9 Å². The Kier molecular flexibility index (Phi) is 5.58. The lowest BCUT2D eigenvalue weighted by Gasteiger charge is -2.19. The molecule has 7 heteroatoms. The number of halogens is 3. The number of thiophene rings is 1. The van der Waals surface area contributed by atoms with Crippen LogP contribution in [-0.2, 0) is 0 Å². The smallest absolute Gasteiger partial charge is 0.387 e. The highest BCUT2D eigenvalue weighted by atomic mass is 32.1. The van der Waals surface area contributed by atoms with E-state index in [1.807, 2.05) is 17.5 Å². The molecule has 1 aromatic heterocycles. The zero-order chi connectivity index (χ0) is 18.5. The summed E-state index contributed by atoms with van der Waals surface area (Å²) in [4.78, 5) is 13.5. The van der Waals surface area contributed by atoms with E-state index in [1.54, 1.807) is 18.2 Å². The number of carbonyl (C=O) groups is 1. The van der Waals surface area contributed by atoms with Crippen molar-refractivity contribution in [2.45, 2.75) is 12.7 Å². The summed E-state index contributed by atoms with van der Waals surface area (Å²) in [5, 5.41) is 4.66. The van der Waals surface area contributed by atoms with Crippen LogP contribution < -0.4 is 10.1 Å². The molecule has 1 N–H and O–H groups in total. The summed E-state index contributed by atoms with van der Waals surface area (Å²) in [7, 11) is 0. The minimum absolute atomic E-state index is 0.00327. The Hall–Kier alpha value is -2.80. The summed E-state index contributed by atoms with van der Waals surface area (Å²) < 4.78 is 42.8. The number of rotatable bonds is 6. The van der Waals surface area contributed by atoms with Gasteiger partial charge in [-0.15, -0.1) is 11.3 Å². The van der Waals surface area contributed by atoms with Gasteiger partial charge in [-0.05, 0) is 41.3 Å². The number of hydrogen-bond donors (Lipinski definition) is 1. The lowest BCUT2D eigenvalue weighted by Crippen LogP contribution is -2.29. The second-order valence-corrected chi connectivity index (χ2v) is 6.33. The van der Waals surface area contributed by atoms with Gasteiger partial charge in [0.1, 0.15) is 11.6 Å². The first-order chi connectivity index (χ1) is 12.5. The van der Waals surface area contributed by atoms with Crippen LogP contribution in [0.25, 0.3) is 0 Å². The molecule has 1 amide bonds. The molecule has 0 aliphatic carbocycles. The molecule has 3 aromatic rings. The second-order valence-electron chi connectivity index (χ2n) is 5.35. The van der Waals surface area contributed by atoms with E-state index in [1.165, 1.54) is 41.7 Å². The van der Waals surface area contributed by atoms with Crippen molar-refractivity contribution in [1.29, 1.82) is 0 Å². The van der Waals surface area contributed by atoms with Crippen molar-refractivity contribution in [2.24, 2.45) is 0 Å². The molecule has 0 bridgehead atoms. The maximum atomic E-state index is 13.2. The van der Waals surface area contributed by atoms with Gasteiger partial charge in [-0.2, -0.15) is 8.78 Å². The molecule has 0 aliphatic rings. The average Bonchev–Trinajstić information content (AvgIpc) is 3.15. The molecule has 0 radical (unpaired) electrons. The fraction of sp³-hybridized carbons (Fsp3) is 0.105. The maximum absolute atomic E-state index is 13.2. The molecule has 0 saturated carbocycles. The molecule has 3 nitrogen and oxygen atoms in total. The van der Waals surface area contributed by atoms with Gasteiger partial charge >= 0.3 is 6.61 Å². The zero-order valence-electron chi connectivity index (χ0n) is 13.4. The van der Waals surface area contributed by atoms with Crippen LogP contribution >= 0.6 is 11.3 Å². The van der Waals surface area contributed by atoms with Crippen molar-refractivity contribution in [2.75, 3.05) is 0 Å². The minimum atomic E-state index is -3.03. The molecule has 0 fully saturated rings. The summed E-state index contributed by atoms with van der Waals surface area (Å²) >= 11 is 1.42. The Labute approximate surface area is 152 Å². The predicted molar refractivity (Wildman–Crippen MR) is 93.1 cm³/mol. The van der Waals surface area contributed by atoms with Gasteiger partial charge in [0.2, 0.25) is 0 Å². The first-order valence-corrected chi connectivity index (χ1v) is 8.56. The fourth-order valence-corrected chi connectivity index (χ4v) is 3.29. The predicted octanol–water partition coefficient (Wildman–Crippen LogP) is 5.01. The van der Waals surface area contributed by atoms with E-state index in [2.05, 4.69) is 10.1 Å². The largest absolute Gasteiger partial charge is 0.434 e. The standard InChI is InChI=1S/C19H14F3NO2S/c20-13-9-7-12(8-10-13)17(16-6-3-11-26-16)23-18(24)14-4-1-2-5-15(14)25-19(21)22/h1-11,17,19H,(H,23,24). The van der Waals surface area contributed by atoms with Gasteiger partial charge in [-0.25, -0.2) is 4.39 Å². The fourth-order valence-electron chi connectivity index (χ4n) is 2.49. The Morgan fingerprint density at radius 3 is 2.38 bits per heavy atom. The third-order valence-corrected chi connectivity index (χ3v) is 4.59. The Bertz CT molecular complexity index is 867. The lowest BCUT2D eigenvalue weighted by molar-refractivity contribution is -0.0501. The number of hydrogen-bond acceptors (Lipinski definition) is 3. The van der Waals surface area contributed by atoms with Crippen molar-refractivity contribution in [3.63, 3.8) is 0 Å². The number of nitrogens with one attached hydrogen (secondary N) is 1. The molecule has 3 rings (SSSR count). The normalized spacial score (nSPS) is 12.0. The van der Waals surface area contributed by atoms with Crippen LogP contribution in [0, 0.1) is 5.82 Å². The summed E-state index contributed by atoms with van der Waals surface area (Å²) in [6.45, 7) is -3.03. The van der Waals surface area contributed by atoms with Crippen molar-refractivity contribution in [1.82, 2.24) is 5.32 Å². The van der Waals surface area contributed by atoms with Gasteiger partial charge in [0, 0.05) is 4.88 Å². The number of alkyl halides is 2. The molecule has 1 atom stereocenters. The molecular formula is C19H14F3NO2S. The molecule has 134 valence electrons. The molecule has 0 saturated heterocycles. The lowest BCUT2D eigenvalue weighted by atomic mass is 10.0. The highest BCUT2D eigenvalue weighted by Gasteiger charge is 2.21. The maximum Gasteiger partial charge on any atom is 0.387 e. The average molecular weight is 377 g/mol. The summed E-state index contributed by atoms with van der Waals surface area (Å²) in [5.41, 5.74) is 0.672. The van der Waals surface area contributed by atoms with E-state index < -0.39 is 18.6 Å². The topological polar surface area (TPSA) is 38.3 Å². The minimum Gasteiger partial charge on any atom is -0.434 e. The number of amides is 1. The van der Waals surface area contributed by atoms with Gasteiger partial charge in [0.05, 0.1) is 11.6 Å². The van der Waals surface area contributed by atoms with Crippen molar-refractivity contribution >= 4 is 17.2 Å². The van der Waals surface area contributed by atoms with Crippen molar-refractivity contribution in [3.8, 4) is 5.75 Å². The van der Waals surface area contributed by atoms with E-state index in [9.17, 15) is 18.0 Å². The van der Waals surface area contributed by atoms with E-state index >= 15 is 0 Å². The van der Waals surface area contributed by atoms with E-state index in [0.717, 1.165) is 4.88 Å². The summed E-state index contributed by atoms with van der Waals surface area (Å²) in [6, 6.07) is 14.6. The molecule has 0 aliphatic heterocycles. The first-order valence-electron chi connectivity index (χ1n) is 7.68. The Morgan fingerprint density at radius 2 is 1.73 bits per heavy atom. The van der Waals surface area contributed by atoms with Crippen LogP contribution in [0.1, 0.15) is 26.8 Å². The van der Waals surface area contributed by atoms with Crippen LogP contribution in [0.15, 0.2) is 66.0 Å². The highest BCUT2D eigenvalue weighted by molar-refractivity contribution is 7.10. The monoisotopic (exact) mass is 377 g/mol. The summed E-state index contributed by atoms with van der Waals surface area (Å²) in [5.74, 6) is -1.16. The molecular weight excluding hydrogens is 363 g/mol. The molecule has 1 unspecified atom stereocenters. The van der Waals surface area contributed by atoms with Gasteiger partial charge in [-0.3, -0.25) is 4.79 Å². The van der Waals surface area contributed by atoms with Gasteiger partial charge in [-0.1, -0.05) is 30.3 Å². The van der Waals surface area contributed by atoms with Crippen LogP contribution in [0.3, 0.4) is 0 Å². The van der Waals surface area contributed by atoms with E-state index in [4.69, 9.17) is 0 Å². The van der Waals surface area contributed by atoms with Gasteiger partial charge in [0.15, 0.2) is 0 Å².